The molecule has 2 fully saturated rings. The van der Waals surface area contributed by atoms with E-state index >= 15 is 0 Å². The quantitative estimate of drug-likeness (QED) is 0.796. The van der Waals surface area contributed by atoms with Crippen LogP contribution in [0.5, 0.6) is 0 Å². The summed E-state index contributed by atoms with van der Waals surface area (Å²) >= 11 is 0. The summed E-state index contributed by atoms with van der Waals surface area (Å²) in [5.74, 6) is -0.158. The zero-order valence-corrected chi connectivity index (χ0v) is 12.6. The zero-order valence-electron chi connectivity index (χ0n) is 12.6. The van der Waals surface area contributed by atoms with Crippen LogP contribution in [0.15, 0.2) is 12.3 Å². The van der Waals surface area contributed by atoms with E-state index in [2.05, 4.69) is 10.2 Å². The van der Waals surface area contributed by atoms with Crippen molar-refractivity contribution in [1.29, 1.82) is 0 Å². The van der Waals surface area contributed by atoms with Crippen molar-refractivity contribution in [3.05, 3.63) is 18.0 Å². The SMILES string of the molecule is CCN1CC2(COCCN(C(=O)c3ccn[nH]3)C2)OCC1=O. The molecule has 2 saturated heterocycles. The van der Waals surface area contributed by atoms with Gasteiger partial charge < -0.3 is 19.3 Å². The number of hydrogen-bond donors (Lipinski definition) is 1. The first-order valence-corrected chi connectivity index (χ1v) is 7.42. The molecule has 0 radical (unpaired) electrons. The van der Waals surface area contributed by atoms with Crippen LogP contribution in [0.4, 0.5) is 0 Å². The molecule has 2 aliphatic heterocycles. The fourth-order valence-corrected chi connectivity index (χ4v) is 2.88. The average molecular weight is 308 g/mol. The molecule has 2 amide bonds. The van der Waals surface area contributed by atoms with Crippen molar-refractivity contribution >= 4 is 11.8 Å². The van der Waals surface area contributed by atoms with Gasteiger partial charge in [0.1, 0.15) is 17.9 Å². The van der Waals surface area contributed by atoms with Gasteiger partial charge in [0, 0.05) is 19.3 Å². The van der Waals surface area contributed by atoms with Crippen molar-refractivity contribution in [3.63, 3.8) is 0 Å². The van der Waals surface area contributed by atoms with Crippen molar-refractivity contribution in [3.8, 4) is 0 Å². The van der Waals surface area contributed by atoms with Gasteiger partial charge in [-0.25, -0.2) is 0 Å². The standard InChI is InChI=1S/C14H20N4O4/c1-2-17-8-14(22-7-12(17)19)9-18(5-6-21-10-14)13(20)11-3-4-15-16-11/h3-4H,2,5-10H2,1H3,(H,15,16). The summed E-state index contributed by atoms with van der Waals surface area (Å²) in [5, 5.41) is 6.50. The highest BCUT2D eigenvalue weighted by molar-refractivity contribution is 5.92. The second kappa shape index (κ2) is 6.05. The molecule has 0 aliphatic carbocycles. The maximum absolute atomic E-state index is 12.5. The fraction of sp³-hybridized carbons (Fsp3) is 0.643. The van der Waals surface area contributed by atoms with Gasteiger partial charge in [-0.1, -0.05) is 0 Å². The van der Waals surface area contributed by atoms with E-state index in [0.29, 0.717) is 45.1 Å². The first-order chi connectivity index (χ1) is 10.6. The summed E-state index contributed by atoms with van der Waals surface area (Å²) in [5.41, 5.74) is -0.216. The second-order valence-electron chi connectivity index (χ2n) is 5.63. The molecular formula is C14H20N4O4. The lowest BCUT2D eigenvalue weighted by molar-refractivity contribution is -0.171. The predicted molar refractivity (Wildman–Crippen MR) is 76.2 cm³/mol. The molecule has 2 aliphatic rings. The van der Waals surface area contributed by atoms with Gasteiger partial charge in [-0.15, -0.1) is 0 Å². The number of ether oxygens (including phenoxy) is 2. The van der Waals surface area contributed by atoms with Crippen molar-refractivity contribution in [2.24, 2.45) is 0 Å². The first kappa shape index (κ1) is 15.0. The zero-order chi connectivity index (χ0) is 15.6. The number of carbonyl (C=O) groups is 2. The highest BCUT2D eigenvalue weighted by Gasteiger charge is 2.43. The van der Waals surface area contributed by atoms with Gasteiger partial charge in [0.05, 0.1) is 26.3 Å². The Hall–Kier alpha value is -1.93. The Bertz CT molecular complexity index is 547. The van der Waals surface area contributed by atoms with Crippen LogP contribution < -0.4 is 0 Å². The van der Waals surface area contributed by atoms with Gasteiger partial charge >= 0.3 is 0 Å². The third kappa shape index (κ3) is 2.84. The summed E-state index contributed by atoms with van der Waals surface area (Å²) in [6.45, 7) is 4.74. The molecule has 22 heavy (non-hydrogen) atoms. The van der Waals surface area contributed by atoms with E-state index in [0.717, 1.165) is 0 Å². The van der Waals surface area contributed by atoms with Crippen molar-refractivity contribution in [2.45, 2.75) is 12.5 Å². The molecule has 3 rings (SSSR count). The van der Waals surface area contributed by atoms with Crippen LogP contribution in [0.2, 0.25) is 0 Å². The lowest BCUT2D eigenvalue weighted by Gasteiger charge is -2.42. The summed E-state index contributed by atoms with van der Waals surface area (Å²) < 4.78 is 11.4. The number of nitrogens with one attached hydrogen (secondary N) is 1. The number of likely N-dealkylation sites (N-methyl/N-ethyl adjacent to an activating group) is 1. The molecule has 1 N–H and O–H groups in total. The maximum Gasteiger partial charge on any atom is 0.272 e. The van der Waals surface area contributed by atoms with Gasteiger partial charge in [-0.2, -0.15) is 5.10 Å². The summed E-state index contributed by atoms with van der Waals surface area (Å²) in [4.78, 5) is 27.8. The first-order valence-electron chi connectivity index (χ1n) is 7.42. The van der Waals surface area contributed by atoms with Gasteiger partial charge in [-0.05, 0) is 13.0 Å². The molecule has 3 heterocycles. The topological polar surface area (TPSA) is 87.8 Å². The molecular weight excluding hydrogens is 288 g/mol. The maximum atomic E-state index is 12.5. The normalized spacial score (nSPS) is 26.3. The second-order valence-corrected chi connectivity index (χ2v) is 5.63. The van der Waals surface area contributed by atoms with E-state index < -0.39 is 5.60 Å². The number of carbonyl (C=O) groups excluding carboxylic acids is 2. The van der Waals surface area contributed by atoms with Crippen LogP contribution >= 0.6 is 0 Å². The lowest BCUT2D eigenvalue weighted by Crippen LogP contribution is -2.61. The van der Waals surface area contributed by atoms with E-state index in [9.17, 15) is 9.59 Å². The van der Waals surface area contributed by atoms with Crippen LogP contribution in [-0.2, 0) is 14.3 Å². The van der Waals surface area contributed by atoms with Gasteiger partial charge in [0.2, 0.25) is 5.91 Å². The molecule has 0 saturated carbocycles. The molecule has 1 aromatic heterocycles. The number of aromatic amines is 1. The monoisotopic (exact) mass is 308 g/mol. The minimum atomic E-state index is -0.657. The molecule has 8 nitrogen and oxygen atoms in total. The number of hydrogen-bond acceptors (Lipinski definition) is 5. The molecule has 1 unspecified atom stereocenters. The highest BCUT2D eigenvalue weighted by atomic mass is 16.6. The summed E-state index contributed by atoms with van der Waals surface area (Å²) in [6, 6.07) is 1.64. The van der Waals surface area contributed by atoms with E-state index in [1.807, 2.05) is 6.92 Å². The smallest absolute Gasteiger partial charge is 0.272 e. The Kier molecular flexibility index (Phi) is 4.12. The number of aromatic nitrogens is 2. The molecule has 8 heteroatoms. The van der Waals surface area contributed by atoms with Gasteiger partial charge in [0.15, 0.2) is 0 Å². The minimum Gasteiger partial charge on any atom is -0.376 e. The predicted octanol–water partition coefficient (Wildman–Crippen LogP) is -0.500. The number of nitrogens with zero attached hydrogens (tertiary/aromatic N) is 3. The van der Waals surface area contributed by atoms with Gasteiger partial charge in [-0.3, -0.25) is 14.7 Å². The number of H-pyrrole nitrogens is 1. The van der Waals surface area contributed by atoms with Crippen LogP contribution in [0.1, 0.15) is 17.4 Å². The lowest BCUT2D eigenvalue weighted by atomic mass is 10.0. The molecule has 120 valence electrons. The molecule has 1 aromatic rings. The van der Waals surface area contributed by atoms with Crippen molar-refractivity contribution < 1.29 is 19.1 Å². The Balaban J connectivity index is 1.78. The molecule has 1 atom stereocenters. The molecule has 1 spiro atoms. The summed E-state index contributed by atoms with van der Waals surface area (Å²) in [6.07, 6.45) is 1.55. The van der Waals surface area contributed by atoms with Gasteiger partial charge in [0.25, 0.3) is 5.91 Å². The Morgan fingerprint density at radius 1 is 1.50 bits per heavy atom. The molecule has 0 aromatic carbocycles. The summed E-state index contributed by atoms with van der Waals surface area (Å²) in [7, 11) is 0. The fourth-order valence-electron chi connectivity index (χ4n) is 2.88. The van der Waals surface area contributed by atoms with E-state index in [-0.39, 0.29) is 18.4 Å². The Morgan fingerprint density at radius 2 is 2.36 bits per heavy atom. The Labute approximate surface area is 128 Å². The van der Waals surface area contributed by atoms with Crippen LogP contribution in [0.25, 0.3) is 0 Å². The third-order valence-corrected chi connectivity index (χ3v) is 4.08. The third-order valence-electron chi connectivity index (χ3n) is 4.08. The van der Waals surface area contributed by atoms with Crippen LogP contribution in [-0.4, -0.2) is 83.4 Å². The van der Waals surface area contributed by atoms with Crippen LogP contribution in [0.3, 0.4) is 0 Å². The number of morpholine rings is 1. The average Bonchev–Trinajstić information content (AvgIpc) is 2.99. The van der Waals surface area contributed by atoms with E-state index in [1.54, 1.807) is 22.1 Å². The number of amides is 2. The largest absolute Gasteiger partial charge is 0.376 e. The highest BCUT2D eigenvalue weighted by Crippen LogP contribution is 2.23. The Morgan fingerprint density at radius 3 is 3.09 bits per heavy atom. The van der Waals surface area contributed by atoms with E-state index in [1.165, 1.54) is 0 Å². The minimum absolute atomic E-state index is 0.0242. The van der Waals surface area contributed by atoms with Crippen molar-refractivity contribution in [2.75, 3.05) is 46.0 Å². The van der Waals surface area contributed by atoms with Crippen molar-refractivity contribution in [1.82, 2.24) is 20.0 Å². The molecule has 0 bridgehead atoms. The number of rotatable bonds is 2. The van der Waals surface area contributed by atoms with E-state index in [4.69, 9.17) is 9.47 Å². The van der Waals surface area contributed by atoms with Crippen LogP contribution in [0, 0.1) is 0 Å².